The van der Waals surface area contributed by atoms with Gasteiger partial charge in [-0.1, -0.05) is 152 Å². The van der Waals surface area contributed by atoms with Crippen LogP contribution in [-0.2, 0) is 5.41 Å². The number of nitrogens with one attached hydrogen (secondary N) is 1. The van der Waals surface area contributed by atoms with Crippen molar-refractivity contribution in [3.63, 3.8) is 0 Å². The van der Waals surface area contributed by atoms with E-state index in [9.17, 15) is 0 Å². The molecule has 1 N–H and O–H groups in total. The van der Waals surface area contributed by atoms with Crippen molar-refractivity contribution >= 4 is 22.1 Å². The van der Waals surface area contributed by atoms with Gasteiger partial charge in [0.1, 0.15) is 0 Å². The van der Waals surface area contributed by atoms with Crippen LogP contribution in [0.25, 0.3) is 33.0 Å². The molecule has 1 aliphatic rings. The predicted octanol–water partition coefficient (Wildman–Crippen LogP) is 10.6. The highest BCUT2D eigenvalue weighted by Gasteiger charge is 2.46. The lowest BCUT2D eigenvalue weighted by atomic mass is 9.68. The first-order valence-electron chi connectivity index (χ1n) is 14.5. The van der Waals surface area contributed by atoms with Gasteiger partial charge in [0.2, 0.25) is 0 Å². The molecule has 7 aromatic carbocycles. The van der Waals surface area contributed by atoms with Crippen LogP contribution in [0.1, 0.15) is 22.3 Å². The van der Waals surface area contributed by atoms with Crippen LogP contribution in [0, 0.1) is 0 Å². The first-order valence-corrected chi connectivity index (χ1v) is 14.5. The minimum Gasteiger partial charge on any atom is -0.355 e. The van der Waals surface area contributed by atoms with E-state index in [-0.39, 0.29) is 0 Å². The number of benzene rings is 7. The highest BCUT2D eigenvalue weighted by molar-refractivity contribution is 5.97. The Kier molecular flexibility index (Phi) is 5.75. The first kappa shape index (κ1) is 24.4. The van der Waals surface area contributed by atoms with Gasteiger partial charge in [-0.15, -0.1) is 0 Å². The molecule has 0 atom stereocenters. The molecular weight excluding hydrogens is 506 g/mol. The third kappa shape index (κ3) is 3.71. The maximum Gasteiger partial charge on any atom is 0.0714 e. The minimum absolute atomic E-state index is 0.398. The van der Waals surface area contributed by atoms with Crippen LogP contribution < -0.4 is 5.32 Å². The largest absolute Gasteiger partial charge is 0.355 e. The Labute approximate surface area is 246 Å². The third-order valence-electron chi connectivity index (χ3n) is 8.75. The second-order valence-electron chi connectivity index (χ2n) is 11.0. The fraction of sp³-hybridized carbons (Fsp3) is 0.0244. The van der Waals surface area contributed by atoms with Crippen LogP contribution in [0.5, 0.6) is 0 Å². The normalized spacial score (nSPS) is 13.0. The molecule has 1 aliphatic carbocycles. The molecule has 8 rings (SSSR count). The summed E-state index contributed by atoms with van der Waals surface area (Å²) in [6, 6.07) is 61.4. The van der Waals surface area contributed by atoms with Gasteiger partial charge in [0.15, 0.2) is 0 Å². The lowest BCUT2D eigenvalue weighted by Gasteiger charge is -2.33. The molecule has 198 valence electrons. The monoisotopic (exact) mass is 535 g/mol. The molecule has 0 spiro atoms. The predicted molar refractivity (Wildman–Crippen MR) is 176 cm³/mol. The van der Waals surface area contributed by atoms with E-state index in [1.807, 2.05) is 0 Å². The number of hydrogen-bond acceptors (Lipinski definition) is 1. The zero-order valence-corrected chi connectivity index (χ0v) is 23.2. The summed E-state index contributed by atoms with van der Waals surface area (Å²) in [5.41, 5.74) is 12.0. The molecule has 0 radical (unpaired) electrons. The molecular formula is C41H29N. The van der Waals surface area contributed by atoms with Crippen LogP contribution in [0.4, 0.5) is 11.4 Å². The third-order valence-corrected chi connectivity index (χ3v) is 8.75. The van der Waals surface area contributed by atoms with Crippen molar-refractivity contribution in [3.05, 3.63) is 192 Å². The highest BCUT2D eigenvalue weighted by atomic mass is 14.9. The second kappa shape index (κ2) is 9.90. The van der Waals surface area contributed by atoms with E-state index in [0.29, 0.717) is 0 Å². The summed E-state index contributed by atoms with van der Waals surface area (Å²) in [5.74, 6) is 0. The molecule has 0 heterocycles. The summed E-state index contributed by atoms with van der Waals surface area (Å²) < 4.78 is 0. The van der Waals surface area contributed by atoms with E-state index in [1.165, 1.54) is 55.3 Å². The van der Waals surface area contributed by atoms with Crippen LogP contribution in [0.2, 0.25) is 0 Å². The molecule has 42 heavy (non-hydrogen) atoms. The summed E-state index contributed by atoms with van der Waals surface area (Å²) in [4.78, 5) is 0. The van der Waals surface area contributed by atoms with Crippen LogP contribution in [0.15, 0.2) is 170 Å². The average molecular weight is 536 g/mol. The maximum atomic E-state index is 3.80. The fourth-order valence-electron chi connectivity index (χ4n) is 6.96. The van der Waals surface area contributed by atoms with Gasteiger partial charge in [-0.2, -0.15) is 0 Å². The first-order chi connectivity index (χ1) is 20.8. The summed E-state index contributed by atoms with van der Waals surface area (Å²) >= 11 is 0. The molecule has 1 nitrogen and oxygen atoms in total. The van der Waals surface area contributed by atoms with Gasteiger partial charge in [-0.3, -0.25) is 0 Å². The van der Waals surface area contributed by atoms with E-state index < -0.39 is 5.41 Å². The second-order valence-corrected chi connectivity index (χ2v) is 11.0. The van der Waals surface area contributed by atoms with Crippen molar-refractivity contribution in [3.8, 4) is 22.3 Å². The number of fused-ring (bicyclic) bond motifs is 4. The minimum atomic E-state index is -0.398. The molecule has 0 amide bonds. The van der Waals surface area contributed by atoms with E-state index in [2.05, 4.69) is 175 Å². The quantitative estimate of drug-likeness (QED) is 0.231. The molecule has 7 aromatic rings. The number of rotatable bonds is 5. The van der Waals surface area contributed by atoms with Crippen LogP contribution >= 0.6 is 0 Å². The fourth-order valence-corrected chi connectivity index (χ4v) is 6.96. The standard InChI is InChI=1S/C41H29N/c1-3-15-31(16-4-1)41(32-17-5-2-6-18-32)37-22-10-9-20-36(37)40-38(41)23-12-24-39(40)42-33-27-25-30(26-28-33)35-21-11-14-29-13-7-8-19-34(29)35/h1-28,42H. The molecule has 0 bridgehead atoms. The topological polar surface area (TPSA) is 12.0 Å². The van der Waals surface area contributed by atoms with E-state index in [0.717, 1.165) is 11.4 Å². The molecule has 0 unspecified atom stereocenters. The summed E-state index contributed by atoms with van der Waals surface area (Å²) in [6.45, 7) is 0. The SMILES string of the molecule is c1ccc(C2(c3ccccc3)c3ccccc3-c3c(Nc4ccc(-c5cccc6ccccc56)cc4)cccc32)cc1. The Bertz CT molecular complexity index is 2000. The summed E-state index contributed by atoms with van der Waals surface area (Å²) in [5, 5.41) is 6.34. The number of hydrogen-bond donors (Lipinski definition) is 1. The molecule has 0 fully saturated rings. The average Bonchev–Trinajstić information content (AvgIpc) is 3.38. The van der Waals surface area contributed by atoms with Crippen molar-refractivity contribution in [2.75, 3.05) is 5.32 Å². The molecule has 0 saturated carbocycles. The Morgan fingerprint density at radius 3 is 1.74 bits per heavy atom. The molecule has 1 heteroatoms. The molecule has 0 saturated heterocycles. The van der Waals surface area contributed by atoms with E-state index in [4.69, 9.17) is 0 Å². The summed E-state index contributed by atoms with van der Waals surface area (Å²) in [6.07, 6.45) is 0. The zero-order valence-electron chi connectivity index (χ0n) is 23.2. The van der Waals surface area contributed by atoms with Gasteiger partial charge in [-0.05, 0) is 67.9 Å². The van der Waals surface area contributed by atoms with Gasteiger partial charge in [0, 0.05) is 16.9 Å². The Hall–Kier alpha value is -5.40. The van der Waals surface area contributed by atoms with Gasteiger partial charge < -0.3 is 5.32 Å². The molecule has 0 aromatic heterocycles. The van der Waals surface area contributed by atoms with Crippen molar-refractivity contribution in [1.29, 1.82) is 0 Å². The van der Waals surface area contributed by atoms with Gasteiger partial charge in [0.05, 0.1) is 5.41 Å². The maximum absolute atomic E-state index is 3.80. The van der Waals surface area contributed by atoms with Gasteiger partial charge >= 0.3 is 0 Å². The van der Waals surface area contributed by atoms with E-state index in [1.54, 1.807) is 0 Å². The molecule has 0 aliphatic heterocycles. The van der Waals surface area contributed by atoms with E-state index >= 15 is 0 Å². The lowest BCUT2D eigenvalue weighted by Crippen LogP contribution is -2.28. The van der Waals surface area contributed by atoms with Crippen molar-refractivity contribution in [2.24, 2.45) is 0 Å². The Morgan fingerprint density at radius 2 is 0.976 bits per heavy atom. The number of anilines is 2. The lowest BCUT2D eigenvalue weighted by molar-refractivity contribution is 0.768. The highest BCUT2D eigenvalue weighted by Crippen LogP contribution is 2.58. The summed E-state index contributed by atoms with van der Waals surface area (Å²) in [7, 11) is 0. The van der Waals surface area contributed by atoms with Crippen molar-refractivity contribution < 1.29 is 0 Å². The van der Waals surface area contributed by atoms with Crippen LogP contribution in [-0.4, -0.2) is 0 Å². The van der Waals surface area contributed by atoms with Crippen molar-refractivity contribution in [1.82, 2.24) is 0 Å². The Balaban J connectivity index is 1.26. The van der Waals surface area contributed by atoms with Gasteiger partial charge in [0.25, 0.3) is 0 Å². The van der Waals surface area contributed by atoms with Gasteiger partial charge in [-0.25, -0.2) is 0 Å². The Morgan fingerprint density at radius 1 is 0.405 bits per heavy atom. The zero-order chi connectivity index (χ0) is 27.9. The van der Waals surface area contributed by atoms with Crippen LogP contribution in [0.3, 0.4) is 0 Å². The van der Waals surface area contributed by atoms with Crippen molar-refractivity contribution in [2.45, 2.75) is 5.41 Å². The smallest absolute Gasteiger partial charge is 0.0714 e.